The molecule has 0 aliphatic rings. The lowest BCUT2D eigenvalue weighted by molar-refractivity contribution is -0.145. The zero-order valence-corrected chi connectivity index (χ0v) is 14.2. The number of methoxy groups -OCH3 is 1. The van der Waals surface area contributed by atoms with Gasteiger partial charge in [0.25, 0.3) is 5.91 Å². The van der Waals surface area contributed by atoms with Gasteiger partial charge in [-0.15, -0.1) is 0 Å². The molecule has 0 unspecified atom stereocenters. The van der Waals surface area contributed by atoms with Gasteiger partial charge in [0.05, 0.1) is 12.1 Å². The van der Waals surface area contributed by atoms with Crippen LogP contribution in [0, 0.1) is 5.92 Å². The second-order valence-corrected chi connectivity index (χ2v) is 5.90. The van der Waals surface area contributed by atoms with Crippen molar-refractivity contribution in [1.29, 1.82) is 0 Å². The van der Waals surface area contributed by atoms with Gasteiger partial charge >= 0.3 is 5.97 Å². The van der Waals surface area contributed by atoms with Crippen LogP contribution in [0.2, 0.25) is 10.0 Å². The van der Waals surface area contributed by atoms with Crippen molar-refractivity contribution in [2.24, 2.45) is 5.92 Å². The Hall–Kier alpha value is -1.46. The molecule has 7 heteroatoms. The van der Waals surface area contributed by atoms with Crippen molar-refractivity contribution >= 4 is 35.1 Å². The molecule has 1 amide bonds. The molecule has 5 nitrogen and oxygen atoms in total. The summed E-state index contributed by atoms with van der Waals surface area (Å²) in [5.74, 6) is -0.384. The van der Waals surface area contributed by atoms with E-state index in [4.69, 9.17) is 27.9 Å². The number of benzene rings is 1. The predicted molar refractivity (Wildman–Crippen MR) is 85.4 cm³/mol. The minimum atomic E-state index is -0.698. The van der Waals surface area contributed by atoms with Gasteiger partial charge in [-0.3, -0.25) is 4.79 Å². The first-order chi connectivity index (χ1) is 10.3. The number of hydrogen-bond acceptors (Lipinski definition) is 4. The number of halogens is 2. The highest BCUT2D eigenvalue weighted by atomic mass is 35.5. The number of esters is 1. The summed E-state index contributed by atoms with van der Waals surface area (Å²) in [4.78, 5) is 23.5. The first kappa shape index (κ1) is 18.6. The van der Waals surface area contributed by atoms with Crippen LogP contribution in [0.5, 0.6) is 5.75 Å². The number of carbonyl (C=O) groups is 2. The molecule has 1 rings (SSSR count). The van der Waals surface area contributed by atoms with Gasteiger partial charge in [0.1, 0.15) is 16.8 Å². The molecule has 0 spiro atoms. The molecule has 122 valence electrons. The lowest BCUT2D eigenvalue weighted by atomic mass is 10.0. The van der Waals surface area contributed by atoms with Crippen molar-refractivity contribution in [3.63, 3.8) is 0 Å². The van der Waals surface area contributed by atoms with Gasteiger partial charge in [0.15, 0.2) is 6.61 Å². The molecule has 0 aliphatic carbocycles. The minimum absolute atomic E-state index is 0.229. The zero-order chi connectivity index (χ0) is 16.7. The Morgan fingerprint density at radius 2 is 1.95 bits per heavy atom. The summed E-state index contributed by atoms with van der Waals surface area (Å²) in [6.07, 6.45) is 0.482. The summed E-state index contributed by atoms with van der Waals surface area (Å²) in [6.45, 7) is 3.63. The highest BCUT2D eigenvalue weighted by Crippen LogP contribution is 2.31. The van der Waals surface area contributed by atoms with Crippen molar-refractivity contribution in [3.8, 4) is 5.75 Å². The van der Waals surface area contributed by atoms with Gasteiger partial charge in [-0.05, 0) is 24.5 Å². The monoisotopic (exact) mass is 347 g/mol. The minimum Gasteiger partial charge on any atom is -0.482 e. The SMILES string of the molecule is COC(=O)[C@H](CC(C)C)NC(=O)COc1cccc(Cl)c1Cl. The number of ether oxygens (including phenoxy) is 2. The van der Waals surface area contributed by atoms with E-state index in [2.05, 4.69) is 10.1 Å². The van der Waals surface area contributed by atoms with Crippen LogP contribution in [0.1, 0.15) is 20.3 Å². The quantitative estimate of drug-likeness (QED) is 0.769. The number of carbonyl (C=O) groups excluding carboxylic acids is 2. The Labute approximate surface area is 139 Å². The summed E-state index contributed by atoms with van der Waals surface area (Å²) in [7, 11) is 1.28. The fourth-order valence-electron chi connectivity index (χ4n) is 1.80. The molecule has 0 bridgehead atoms. The topological polar surface area (TPSA) is 64.6 Å². The maximum atomic E-state index is 11.9. The summed E-state index contributed by atoms with van der Waals surface area (Å²) in [6, 6.07) is 4.19. The molecular formula is C15H19Cl2NO4. The third-order valence-corrected chi connectivity index (χ3v) is 3.60. The fraction of sp³-hybridized carbons (Fsp3) is 0.467. The Bertz CT molecular complexity index is 534. The summed E-state index contributed by atoms with van der Waals surface area (Å²) in [5.41, 5.74) is 0. The van der Waals surface area contributed by atoms with E-state index in [1.54, 1.807) is 18.2 Å². The number of nitrogens with one attached hydrogen (secondary N) is 1. The second kappa shape index (κ2) is 8.86. The molecule has 1 aromatic rings. The molecule has 1 aromatic carbocycles. The molecule has 0 aliphatic heterocycles. The van der Waals surface area contributed by atoms with Gasteiger partial charge in [0, 0.05) is 0 Å². The number of hydrogen-bond donors (Lipinski definition) is 1. The molecule has 1 N–H and O–H groups in total. The van der Waals surface area contributed by atoms with Crippen molar-refractivity contribution in [2.45, 2.75) is 26.3 Å². The average molecular weight is 348 g/mol. The van der Waals surface area contributed by atoms with E-state index >= 15 is 0 Å². The van der Waals surface area contributed by atoms with Gasteiger partial charge in [-0.2, -0.15) is 0 Å². The predicted octanol–water partition coefficient (Wildman–Crippen LogP) is 3.08. The lowest BCUT2D eigenvalue weighted by Gasteiger charge is -2.18. The Balaban J connectivity index is 2.60. The van der Waals surface area contributed by atoms with Crippen LogP contribution < -0.4 is 10.1 Å². The van der Waals surface area contributed by atoms with E-state index in [1.807, 2.05) is 13.8 Å². The van der Waals surface area contributed by atoms with Crippen molar-refractivity contribution in [2.75, 3.05) is 13.7 Å². The van der Waals surface area contributed by atoms with Crippen LogP contribution in [0.4, 0.5) is 0 Å². The maximum Gasteiger partial charge on any atom is 0.328 e. The van der Waals surface area contributed by atoms with E-state index in [0.717, 1.165) is 0 Å². The number of rotatable bonds is 7. The van der Waals surface area contributed by atoms with E-state index in [9.17, 15) is 9.59 Å². The molecule has 0 saturated heterocycles. The van der Waals surface area contributed by atoms with Crippen molar-refractivity contribution in [1.82, 2.24) is 5.32 Å². The number of amides is 1. The molecule has 0 saturated carbocycles. The molecule has 0 aromatic heterocycles. The van der Waals surface area contributed by atoms with Crippen LogP contribution in [0.15, 0.2) is 18.2 Å². The Morgan fingerprint density at radius 1 is 1.27 bits per heavy atom. The third kappa shape index (κ3) is 5.73. The molecule has 1 atom stereocenters. The van der Waals surface area contributed by atoms with E-state index in [-0.39, 0.29) is 17.5 Å². The largest absolute Gasteiger partial charge is 0.482 e. The third-order valence-electron chi connectivity index (χ3n) is 2.80. The molecule has 0 fully saturated rings. The van der Waals surface area contributed by atoms with Gasteiger partial charge in [-0.25, -0.2) is 4.79 Å². The van der Waals surface area contributed by atoms with Crippen LogP contribution in [-0.2, 0) is 14.3 Å². The highest BCUT2D eigenvalue weighted by Gasteiger charge is 2.22. The van der Waals surface area contributed by atoms with Crippen LogP contribution in [0.3, 0.4) is 0 Å². The van der Waals surface area contributed by atoms with E-state index in [1.165, 1.54) is 7.11 Å². The van der Waals surface area contributed by atoms with Gasteiger partial charge in [0.2, 0.25) is 0 Å². The lowest BCUT2D eigenvalue weighted by Crippen LogP contribution is -2.44. The molecule has 0 heterocycles. The van der Waals surface area contributed by atoms with Gasteiger partial charge < -0.3 is 14.8 Å². The van der Waals surface area contributed by atoms with Crippen LogP contribution in [0.25, 0.3) is 0 Å². The smallest absolute Gasteiger partial charge is 0.328 e. The standard InChI is InChI=1S/C15H19Cl2NO4/c1-9(2)7-11(15(20)21-3)18-13(19)8-22-12-6-4-5-10(16)14(12)17/h4-6,9,11H,7-8H2,1-3H3,(H,18,19)/t11-/m0/s1. The Kier molecular flexibility index (Phi) is 7.48. The highest BCUT2D eigenvalue weighted by molar-refractivity contribution is 6.42. The molecular weight excluding hydrogens is 329 g/mol. The van der Waals surface area contributed by atoms with Gasteiger partial charge in [-0.1, -0.05) is 43.1 Å². The Morgan fingerprint density at radius 3 is 2.55 bits per heavy atom. The maximum absolute atomic E-state index is 11.9. The van der Waals surface area contributed by atoms with E-state index < -0.39 is 17.9 Å². The van der Waals surface area contributed by atoms with E-state index in [0.29, 0.717) is 17.2 Å². The first-order valence-electron chi connectivity index (χ1n) is 6.79. The summed E-state index contributed by atoms with van der Waals surface area (Å²) < 4.78 is 10.00. The first-order valence-corrected chi connectivity index (χ1v) is 7.54. The van der Waals surface area contributed by atoms with Crippen LogP contribution in [-0.4, -0.2) is 31.6 Å². The zero-order valence-electron chi connectivity index (χ0n) is 12.7. The summed E-state index contributed by atoms with van der Waals surface area (Å²) in [5, 5.41) is 3.17. The molecule has 0 radical (unpaired) electrons. The normalized spacial score (nSPS) is 11.9. The molecule has 22 heavy (non-hydrogen) atoms. The second-order valence-electron chi connectivity index (χ2n) is 5.11. The van der Waals surface area contributed by atoms with Crippen molar-refractivity contribution < 1.29 is 19.1 Å². The average Bonchev–Trinajstić information content (AvgIpc) is 2.46. The summed E-state index contributed by atoms with van der Waals surface area (Å²) >= 11 is 11.8. The fourth-order valence-corrected chi connectivity index (χ4v) is 2.15. The van der Waals surface area contributed by atoms with Crippen LogP contribution >= 0.6 is 23.2 Å². The van der Waals surface area contributed by atoms with Crippen molar-refractivity contribution in [3.05, 3.63) is 28.2 Å².